The molecule has 6 nitrogen and oxygen atoms in total. The SMILES string of the molecule is CN1CCN(C2c3cc(SC(F)(F)F)ccc3OC(C)(C)C2O)C1=NC#N. The van der Waals surface area contributed by atoms with Crippen LogP contribution in [0, 0.1) is 11.5 Å². The molecule has 1 saturated heterocycles. The molecule has 0 bridgehead atoms. The van der Waals surface area contributed by atoms with Crippen molar-refractivity contribution >= 4 is 17.7 Å². The number of alkyl halides is 3. The zero-order valence-electron chi connectivity index (χ0n) is 15.0. The molecule has 1 aromatic rings. The van der Waals surface area contributed by atoms with E-state index in [4.69, 9.17) is 10.00 Å². The fraction of sp³-hybridized carbons (Fsp3) is 0.529. The van der Waals surface area contributed by atoms with Crippen molar-refractivity contribution in [2.75, 3.05) is 20.1 Å². The van der Waals surface area contributed by atoms with E-state index in [0.717, 1.165) is 0 Å². The molecule has 2 aliphatic heterocycles. The van der Waals surface area contributed by atoms with Crippen LogP contribution in [0.3, 0.4) is 0 Å². The molecule has 0 aromatic heterocycles. The van der Waals surface area contributed by atoms with Gasteiger partial charge in [0.2, 0.25) is 12.2 Å². The van der Waals surface area contributed by atoms with Crippen LogP contribution in [0.5, 0.6) is 5.75 Å². The number of thioether (sulfide) groups is 1. The molecule has 146 valence electrons. The number of ether oxygens (including phenoxy) is 1. The van der Waals surface area contributed by atoms with Gasteiger partial charge in [0.05, 0.1) is 6.04 Å². The van der Waals surface area contributed by atoms with E-state index < -0.39 is 23.3 Å². The van der Waals surface area contributed by atoms with Crippen LogP contribution in [0.1, 0.15) is 25.5 Å². The number of nitriles is 1. The minimum Gasteiger partial charge on any atom is -0.485 e. The molecule has 10 heteroatoms. The Morgan fingerprint density at radius 1 is 1.37 bits per heavy atom. The fourth-order valence-electron chi connectivity index (χ4n) is 3.41. The first-order valence-electron chi connectivity index (χ1n) is 8.25. The number of aliphatic hydroxyl groups is 1. The molecule has 0 aliphatic carbocycles. The molecule has 0 amide bonds. The predicted molar refractivity (Wildman–Crippen MR) is 94.2 cm³/mol. The second-order valence-electron chi connectivity index (χ2n) is 6.97. The smallest absolute Gasteiger partial charge is 0.446 e. The Hall–Kier alpha value is -2.12. The molecule has 1 aromatic carbocycles. The van der Waals surface area contributed by atoms with Crippen LogP contribution in [0.15, 0.2) is 28.1 Å². The summed E-state index contributed by atoms with van der Waals surface area (Å²) in [6.07, 6.45) is 0.714. The third-order valence-corrected chi connectivity index (χ3v) is 5.40. The van der Waals surface area contributed by atoms with E-state index in [0.29, 0.717) is 30.4 Å². The summed E-state index contributed by atoms with van der Waals surface area (Å²) >= 11 is -0.218. The lowest BCUT2D eigenvalue weighted by Crippen LogP contribution is -2.54. The van der Waals surface area contributed by atoms with Crippen LogP contribution in [-0.2, 0) is 0 Å². The molecule has 3 rings (SSSR count). The molecule has 0 spiro atoms. The van der Waals surface area contributed by atoms with Gasteiger partial charge in [-0.3, -0.25) is 0 Å². The van der Waals surface area contributed by atoms with Crippen LogP contribution in [0.25, 0.3) is 0 Å². The number of halogens is 3. The van der Waals surface area contributed by atoms with Gasteiger partial charge in [0.25, 0.3) is 0 Å². The largest absolute Gasteiger partial charge is 0.485 e. The van der Waals surface area contributed by atoms with Gasteiger partial charge >= 0.3 is 5.51 Å². The summed E-state index contributed by atoms with van der Waals surface area (Å²) in [5.74, 6) is 0.784. The normalized spacial score (nSPS) is 25.9. The van der Waals surface area contributed by atoms with E-state index in [1.165, 1.54) is 18.2 Å². The van der Waals surface area contributed by atoms with E-state index in [1.54, 1.807) is 36.9 Å². The van der Waals surface area contributed by atoms with E-state index in [-0.39, 0.29) is 16.7 Å². The number of hydrogen-bond donors (Lipinski definition) is 1. The third-order valence-electron chi connectivity index (χ3n) is 4.68. The number of aliphatic hydroxyl groups excluding tert-OH is 1. The Bertz CT molecular complexity index is 806. The molecule has 2 heterocycles. The maximum absolute atomic E-state index is 12.8. The molecule has 0 saturated carbocycles. The molecule has 2 unspecified atom stereocenters. The molecule has 2 aliphatic rings. The monoisotopic (exact) mass is 400 g/mol. The maximum Gasteiger partial charge on any atom is 0.446 e. The Morgan fingerprint density at radius 3 is 2.70 bits per heavy atom. The van der Waals surface area contributed by atoms with Gasteiger partial charge in [-0.05, 0) is 43.8 Å². The van der Waals surface area contributed by atoms with Gasteiger partial charge in [0.15, 0.2) is 0 Å². The van der Waals surface area contributed by atoms with Crippen molar-refractivity contribution in [2.24, 2.45) is 4.99 Å². The topological polar surface area (TPSA) is 72.1 Å². The summed E-state index contributed by atoms with van der Waals surface area (Å²) in [6.45, 7) is 4.49. The molecule has 27 heavy (non-hydrogen) atoms. The number of guanidine groups is 1. The summed E-state index contributed by atoms with van der Waals surface area (Å²) in [5, 5.41) is 19.9. The maximum atomic E-state index is 12.8. The van der Waals surface area contributed by atoms with Gasteiger partial charge in [0, 0.05) is 30.6 Å². The van der Waals surface area contributed by atoms with Gasteiger partial charge in [-0.25, -0.2) is 0 Å². The van der Waals surface area contributed by atoms with Crippen molar-refractivity contribution in [1.29, 1.82) is 5.26 Å². The van der Waals surface area contributed by atoms with Crippen molar-refractivity contribution < 1.29 is 23.0 Å². The number of fused-ring (bicyclic) bond motifs is 1. The zero-order chi connectivity index (χ0) is 20.0. The fourth-order valence-corrected chi connectivity index (χ4v) is 4.00. The predicted octanol–water partition coefficient (Wildman–Crippen LogP) is 2.96. The third kappa shape index (κ3) is 3.80. The summed E-state index contributed by atoms with van der Waals surface area (Å²) in [4.78, 5) is 7.36. The summed E-state index contributed by atoms with van der Waals surface area (Å²) in [7, 11) is 1.77. The van der Waals surface area contributed by atoms with Gasteiger partial charge in [0.1, 0.15) is 17.5 Å². The zero-order valence-corrected chi connectivity index (χ0v) is 15.8. The Morgan fingerprint density at radius 2 is 2.07 bits per heavy atom. The number of benzene rings is 1. The number of likely N-dealkylation sites (N-methyl/N-ethyl adjacent to an activating group) is 1. The Balaban J connectivity index is 2.09. The van der Waals surface area contributed by atoms with Gasteiger partial charge in [-0.2, -0.15) is 18.4 Å². The van der Waals surface area contributed by atoms with Gasteiger partial charge in [-0.15, -0.1) is 4.99 Å². The highest BCUT2D eigenvalue weighted by atomic mass is 32.2. The van der Waals surface area contributed by atoms with Gasteiger partial charge in [-0.1, -0.05) is 0 Å². The van der Waals surface area contributed by atoms with Crippen molar-refractivity contribution in [3.05, 3.63) is 23.8 Å². The molecule has 2 atom stereocenters. The van der Waals surface area contributed by atoms with Crippen LogP contribution < -0.4 is 4.74 Å². The van der Waals surface area contributed by atoms with Gasteiger partial charge < -0.3 is 19.6 Å². The minimum atomic E-state index is -4.42. The highest BCUT2D eigenvalue weighted by Gasteiger charge is 2.48. The van der Waals surface area contributed by atoms with Crippen molar-refractivity contribution in [1.82, 2.24) is 9.80 Å². The van der Waals surface area contributed by atoms with E-state index >= 15 is 0 Å². The van der Waals surface area contributed by atoms with Crippen LogP contribution in [-0.4, -0.2) is 58.2 Å². The van der Waals surface area contributed by atoms with E-state index in [1.807, 2.05) is 0 Å². The summed E-state index contributed by atoms with van der Waals surface area (Å²) in [5.41, 5.74) is -4.94. The van der Waals surface area contributed by atoms with Crippen LogP contribution in [0.4, 0.5) is 13.2 Å². The van der Waals surface area contributed by atoms with Crippen LogP contribution >= 0.6 is 11.8 Å². The average molecular weight is 400 g/mol. The molecule has 1 N–H and O–H groups in total. The lowest BCUT2D eigenvalue weighted by molar-refractivity contribution is -0.0802. The molecular weight excluding hydrogens is 381 g/mol. The first-order valence-corrected chi connectivity index (χ1v) is 9.06. The highest BCUT2D eigenvalue weighted by Crippen LogP contribution is 2.46. The lowest BCUT2D eigenvalue weighted by atomic mass is 9.85. The quantitative estimate of drug-likeness (QED) is 0.608. The summed E-state index contributed by atoms with van der Waals surface area (Å²) in [6, 6.07) is 3.54. The molecule has 0 radical (unpaired) electrons. The van der Waals surface area contributed by atoms with Crippen molar-refractivity contribution in [2.45, 2.75) is 42.0 Å². The standard InChI is InChI=1S/C17H19F3N4O2S/c1-16(2)14(25)13(24-7-6-23(3)15(24)22-9-21)11-8-10(27-17(18,19)20)4-5-12(11)26-16/h4-5,8,13-14,25H,6-7H2,1-3H3. The average Bonchev–Trinajstić information content (AvgIpc) is 2.89. The number of nitrogens with zero attached hydrogens (tertiary/aromatic N) is 4. The molecule has 1 fully saturated rings. The Kier molecular flexibility index (Phi) is 4.94. The molecular formula is C17H19F3N4O2S. The van der Waals surface area contributed by atoms with Crippen LogP contribution in [0.2, 0.25) is 0 Å². The minimum absolute atomic E-state index is 0.00748. The highest BCUT2D eigenvalue weighted by molar-refractivity contribution is 8.00. The second-order valence-corrected chi connectivity index (χ2v) is 8.11. The number of aliphatic imine (C=N–C) groups is 1. The first kappa shape index (κ1) is 19.6. The van der Waals surface area contributed by atoms with Crippen molar-refractivity contribution in [3.63, 3.8) is 0 Å². The number of rotatable bonds is 2. The van der Waals surface area contributed by atoms with E-state index in [2.05, 4.69) is 4.99 Å². The Labute approximate surface area is 159 Å². The first-order chi connectivity index (χ1) is 12.5. The van der Waals surface area contributed by atoms with E-state index in [9.17, 15) is 18.3 Å². The lowest BCUT2D eigenvalue weighted by Gasteiger charge is -2.45. The second kappa shape index (κ2) is 6.80. The number of hydrogen-bond acceptors (Lipinski definition) is 5. The van der Waals surface area contributed by atoms with Crippen molar-refractivity contribution in [3.8, 4) is 11.9 Å². The summed E-state index contributed by atoms with van der Waals surface area (Å²) < 4.78 is 44.2.